The molecule has 1 heterocycles. The summed E-state index contributed by atoms with van der Waals surface area (Å²) in [5.74, 6) is 5.48. The van der Waals surface area contributed by atoms with Crippen LogP contribution in [-0.4, -0.2) is 52.3 Å². The third-order valence-electron chi connectivity index (χ3n) is 8.21. The molecule has 1 saturated heterocycles. The second kappa shape index (κ2) is 9.70. The predicted octanol–water partition coefficient (Wildman–Crippen LogP) is 4.22. The summed E-state index contributed by atoms with van der Waals surface area (Å²) in [6, 6.07) is 11.2. The molecule has 5 rings (SSSR count). The van der Waals surface area contributed by atoms with E-state index in [0.29, 0.717) is 37.8 Å². The number of hydrogen-bond acceptors (Lipinski definition) is 4. The van der Waals surface area contributed by atoms with Crippen LogP contribution in [0.15, 0.2) is 48.5 Å². The number of benzene rings is 2. The lowest BCUT2D eigenvalue weighted by Crippen LogP contribution is -2.67. The fraction of sp³-hybridized carbons (Fsp3) is 0.483. The van der Waals surface area contributed by atoms with Crippen LogP contribution in [0, 0.1) is 17.8 Å². The minimum Gasteiger partial charge on any atom is -0.508 e. The highest BCUT2D eigenvalue weighted by Crippen LogP contribution is 2.52. The number of phenols is 1. The summed E-state index contributed by atoms with van der Waals surface area (Å²) in [6.07, 6.45) is 0.374. The molecule has 0 bridgehead atoms. The Morgan fingerprint density at radius 2 is 1.86 bits per heavy atom. The monoisotopic (exact) mass is 512 g/mol. The van der Waals surface area contributed by atoms with Gasteiger partial charge in [0.1, 0.15) is 5.75 Å². The summed E-state index contributed by atoms with van der Waals surface area (Å²) in [5.41, 5.74) is -1.18. The molecule has 1 amide bonds. The van der Waals surface area contributed by atoms with Crippen molar-refractivity contribution in [3.05, 3.63) is 65.2 Å². The number of likely N-dealkylation sites (tertiary alicyclic amines) is 1. The van der Waals surface area contributed by atoms with Crippen LogP contribution in [0.1, 0.15) is 55.2 Å². The molecule has 0 unspecified atom stereocenters. The highest BCUT2D eigenvalue weighted by Gasteiger charge is 2.57. The summed E-state index contributed by atoms with van der Waals surface area (Å²) >= 11 is 0. The Labute approximate surface area is 214 Å². The third-order valence-corrected chi connectivity index (χ3v) is 8.21. The van der Waals surface area contributed by atoms with Crippen LogP contribution in [0.2, 0.25) is 0 Å². The maximum absolute atomic E-state index is 12.8. The molecule has 2 saturated carbocycles. The number of alkyl halides is 3. The first-order chi connectivity index (χ1) is 17.6. The van der Waals surface area contributed by atoms with E-state index >= 15 is 0 Å². The molecule has 2 aliphatic carbocycles. The largest absolute Gasteiger partial charge is 0.508 e. The van der Waals surface area contributed by atoms with Gasteiger partial charge in [0, 0.05) is 36.0 Å². The second-order valence-electron chi connectivity index (χ2n) is 10.8. The Kier molecular flexibility index (Phi) is 6.71. The number of carbonyl (C=O) groups is 1. The van der Waals surface area contributed by atoms with Crippen molar-refractivity contribution in [2.45, 2.75) is 61.8 Å². The second-order valence-corrected chi connectivity index (χ2v) is 10.8. The number of β-amino-alcohol motifs (C(OH)–C–C–N with tert-alkyl or cyclic N) is 1. The van der Waals surface area contributed by atoms with Gasteiger partial charge in [-0.05, 0) is 92.9 Å². The predicted molar refractivity (Wildman–Crippen MR) is 133 cm³/mol. The number of aliphatic hydroxyl groups is 1. The molecule has 8 heteroatoms. The molecule has 196 valence electrons. The van der Waals surface area contributed by atoms with Crippen molar-refractivity contribution in [2.75, 3.05) is 19.6 Å². The Balaban J connectivity index is 1.32. The van der Waals surface area contributed by atoms with Gasteiger partial charge in [0.15, 0.2) is 0 Å². The minimum absolute atomic E-state index is 0.142. The number of piperidine rings is 1. The molecular formula is C29H31F3N2O3. The number of rotatable bonds is 4. The van der Waals surface area contributed by atoms with Gasteiger partial charge >= 0.3 is 6.18 Å². The molecule has 0 aromatic heterocycles. The van der Waals surface area contributed by atoms with E-state index in [-0.39, 0.29) is 11.8 Å². The Morgan fingerprint density at radius 3 is 2.54 bits per heavy atom. The summed E-state index contributed by atoms with van der Waals surface area (Å²) in [7, 11) is 0. The average Bonchev–Trinajstić information content (AvgIpc) is 3.67. The molecular weight excluding hydrogens is 481 g/mol. The van der Waals surface area contributed by atoms with Crippen LogP contribution in [0.4, 0.5) is 13.2 Å². The van der Waals surface area contributed by atoms with Gasteiger partial charge in [-0.2, -0.15) is 13.2 Å². The van der Waals surface area contributed by atoms with E-state index in [4.69, 9.17) is 0 Å². The minimum atomic E-state index is -4.42. The lowest BCUT2D eigenvalue weighted by Gasteiger charge is -2.58. The van der Waals surface area contributed by atoms with Gasteiger partial charge in [-0.25, -0.2) is 0 Å². The Morgan fingerprint density at radius 1 is 1.11 bits per heavy atom. The van der Waals surface area contributed by atoms with Crippen molar-refractivity contribution in [1.29, 1.82) is 0 Å². The molecule has 0 radical (unpaired) electrons. The highest BCUT2D eigenvalue weighted by molar-refractivity contribution is 5.94. The first kappa shape index (κ1) is 25.6. The molecule has 2 aromatic carbocycles. The van der Waals surface area contributed by atoms with Crippen molar-refractivity contribution in [3.8, 4) is 17.6 Å². The summed E-state index contributed by atoms with van der Waals surface area (Å²) in [5, 5.41) is 25.2. The van der Waals surface area contributed by atoms with E-state index in [1.807, 2.05) is 6.07 Å². The maximum atomic E-state index is 12.8. The lowest BCUT2D eigenvalue weighted by atomic mass is 9.55. The topological polar surface area (TPSA) is 72.8 Å². The van der Waals surface area contributed by atoms with Crippen molar-refractivity contribution in [1.82, 2.24) is 10.2 Å². The first-order valence-electron chi connectivity index (χ1n) is 12.8. The fourth-order valence-corrected chi connectivity index (χ4v) is 6.10. The third kappa shape index (κ3) is 5.48. The number of phenolic OH excluding ortho intramolecular Hbond substituents is 1. The number of hydrogen-bond donors (Lipinski definition) is 3. The molecule has 3 N–H and O–H groups in total. The van der Waals surface area contributed by atoms with Crippen LogP contribution in [0.3, 0.4) is 0 Å². The van der Waals surface area contributed by atoms with Gasteiger partial charge in [-0.15, -0.1) is 0 Å². The molecule has 3 atom stereocenters. The molecule has 3 aliphatic rings. The van der Waals surface area contributed by atoms with E-state index in [9.17, 15) is 28.2 Å². The summed E-state index contributed by atoms with van der Waals surface area (Å²) in [4.78, 5) is 15.0. The van der Waals surface area contributed by atoms with Crippen molar-refractivity contribution < 1.29 is 28.2 Å². The number of carbonyl (C=O) groups excluding carboxylic acids is 1. The van der Waals surface area contributed by atoms with Crippen molar-refractivity contribution in [3.63, 3.8) is 0 Å². The van der Waals surface area contributed by atoms with E-state index in [1.54, 1.807) is 18.2 Å². The normalized spacial score (nSPS) is 28.1. The molecule has 2 aromatic rings. The first-order valence-corrected chi connectivity index (χ1v) is 12.8. The molecule has 3 fully saturated rings. The van der Waals surface area contributed by atoms with E-state index in [1.165, 1.54) is 25.0 Å². The van der Waals surface area contributed by atoms with Crippen molar-refractivity contribution >= 4 is 5.91 Å². The van der Waals surface area contributed by atoms with Gasteiger partial charge in [0.05, 0.1) is 11.2 Å². The van der Waals surface area contributed by atoms with Crippen LogP contribution < -0.4 is 5.32 Å². The summed E-state index contributed by atoms with van der Waals surface area (Å²) < 4.78 is 38.3. The standard InChI is InChI=1S/C29H31F3N2O3/c30-29(31,32)22-9-6-20(7-10-22)8-11-26(36)33-24-12-13-28(37)19-34(18-21-4-5-21)15-14-27(28,17-24)23-2-1-3-25(35)16-23/h1-3,6-7,9-10,16,21,24,35,37H,4-5,12-15,17-19H2,(H,33,36)/t24-,27-,28-/m0/s1. The number of halogens is 3. The number of amides is 1. The van der Waals surface area contributed by atoms with Gasteiger partial charge in [-0.1, -0.05) is 18.1 Å². The number of nitrogens with zero attached hydrogens (tertiary/aromatic N) is 1. The van der Waals surface area contributed by atoms with E-state index in [2.05, 4.69) is 22.1 Å². The van der Waals surface area contributed by atoms with E-state index in [0.717, 1.165) is 36.7 Å². The molecule has 37 heavy (non-hydrogen) atoms. The molecule has 0 spiro atoms. The lowest BCUT2D eigenvalue weighted by molar-refractivity contribution is -0.137. The van der Waals surface area contributed by atoms with Gasteiger partial charge in [0.2, 0.25) is 0 Å². The average molecular weight is 513 g/mol. The smallest absolute Gasteiger partial charge is 0.416 e. The van der Waals surface area contributed by atoms with Crippen molar-refractivity contribution in [2.24, 2.45) is 5.92 Å². The number of nitrogens with one attached hydrogen (secondary N) is 1. The highest BCUT2D eigenvalue weighted by atomic mass is 19.4. The van der Waals surface area contributed by atoms with Gasteiger partial charge < -0.3 is 20.4 Å². The zero-order valence-electron chi connectivity index (χ0n) is 20.5. The van der Waals surface area contributed by atoms with E-state index < -0.39 is 28.7 Å². The Hall–Kier alpha value is -3.02. The van der Waals surface area contributed by atoms with Crippen LogP contribution >= 0.6 is 0 Å². The number of fused-ring (bicyclic) bond motifs is 1. The molecule has 1 aliphatic heterocycles. The SMILES string of the molecule is O=C(C#Cc1ccc(C(F)(F)F)cc1)N[C@H]1CC[C@]2(O)CN(CC3CC3)CC[C@@]2(c2cccc(O)c2)C1. The zero-order chi connectivity index (χ0) is 26.3. The Bertz CT molecular complexity index is 1220. The number of aromatic hydroxyl groups is 1. The van der Waals surface area contributed by atoms with Crippen LogP contribution in [-0.2, 0) is 16.4 Å². The van der Waals surface area contributed by atoms with Gasteiger partial charge in [-0.3, -0.25) is 4.79 Å². The zero-order valence-corrected chi connectivity index (χ0v) is 20.5. The quantitative estimate of drug-likeness (QED) is 0.537. The fourth-order valence-electron chi connectivity index (χ4n) is 6.10. The summed E-state index contributed by atoms with van der Waals surface area (Å²) in [6.45, 7) is 2.40. The van der Waals surface area contributed by atoms with Gasteiger partial charge in [0.25, 0.3) is 5.91 Å². The molecule has 5 nitrogen and oxygen atoms in total. The van der Waals surface area contributed by atoms with Crippen LogP contribution in [0.5, 0.6) is 5.75 Å². The van der Waals surface area contributed by atoms with Crippen LogP contribution in [0.25, 0.3) is 0 Å². The maximum Gasteiger partial charge on any atom is 0.416 e.